The Hall–Kier alpha value is -1.06. The van der Waals surface area contributed by atoms with Crippen LogP contribution < -0.4 is 5.32 Å². The fraction of sp³-hybridized carbons (Fsp3) is 0.833. The summed E-state index contributed by atoms with van der Waals surface area (Å²) in [6, 6.07) is -0.235. The van der Waals surface area contributed by atoms with Gasteiger partial charge in [0, 0.05) is 6.54 Å². The topological polar surface area (TPSA) is 49.4 Å². The summed E-state index contributed by atoms with van der Waals surface area (Å²) >= 11 is 0. The molecule has 1 heterocycles. The van der Waals surface area contributed by atoms with Crippen LogP contribution in [0.3, 0.4) is 0 Å². The van der Waals surface area contributed by atoms with Crippen molar-refractivity contribution >= 4 is 11.9 Å². The number of carbonyl (C=O) groups excluding carboxylic acids is 2. The molecule has 3 amide bonds. The number of hydrogen-bond donors (Lipinski definition) is 1. The number of hydrogen-bond acceptors (Lipinski definition) is 2. The van der Waals surface area contributed by atoms with E-state index in [2.05, 4.69) is 19.2 Å². The maximum absolute atomic E-state index is 11.7. The average Bonchev–Trinajstić information content (AvgIpc) is 2.49. The summed E-state index contributed by atoms with van der Waals surface area (Å²) in [5.74, 6) is 0.313. The second-order valence-corrected chi connectivity index (χ2v) is 4.68. The lowest BCUT2D eigenvalue weighted by Crippen LogP contribution is -2.48. The standard InChI is InChI=1S/C12H22N2O2/c1-5-9(6-2)8-14-11(16)13-10(15)12(14,4)7-3/h9H,5-8H2,1-4H3,(H,13,15,16). The SMILES string of the molecule is CCC(CC)CN1C(=O)NC(=O)C1(C)CC. The summed E-state index contributed by atoms with van der Waals surface area (Å²) in [5, 5.41) is 2.41. The lowest BCUT2D eigenvalue weighted by atomic mass is 9.94. The van der Waals surface area contributed by atoms with E-state index in [1.807, 2.05) is 13.8 Å². The molecular formula is C12H22N2O2. The molecule has 0 aromatic rings. The lowest BCUT2D eigenvalue weighted by Gasteiger charge is -2.33. The van der Waals surface area contributed by atoms with Gasteiger partial charge < -0.3 is 4.90 Å². The Morgan fingerprint density at radius 3 is 2.25 bits per heavy atom. The van der Waals surface area contributed by atoms with Crippen molar-refractivity contribution in [2.45, 2.75) is 52.5 Å². The minimum absolute atomic E-state index is 0.161. The molecule has 0 saturated carbocycles. The number of nitrogens with one attached hydrogen (secondary N) is 1. The van der Waals surface area contributed by atoms with Crippen LogP contribution in [-0.4, -0.2) is 28.9 Å². The van der Waals surface area contributed by atoms with Crippen LogP contribution in [0.1, 0.15) is 47.0 Å². The predicted octanol–water partition coefficient (Wildman–Crippen LogP) is 2.14. The third-order valence-corrected chi connectivity index (χ3v) is 3.83. The van der Waals surface area contributed by atoms with E-state index in [1.54, 1.807) is 4.90 Å². The lowest BCUT2D eigenvalue weighted by molar-refractivity contribution is -0.126. The number of rotatable bonds is 5. The first-order valence-electron chi connectivity index (χ1n) is 6.12. The molecule has 1 atom stereocenters. The minimum Gasteiger partial charge on any atom is -0.310 e. The van der Waals surface area contributed by atoms with Gasteiger partial charge in [-0.3, -0.25) is 10.1 Å². The van der Waals surface area contributed by atoms with E-state index in [0.717, 1.165) is 12.8 Å². The quantitative estimate of drug-likeness (QED) is 0.730. The molecule has 1 saturated heterocycles. The molecule has 0 spiro atoms. The molecule has 0 aliphatic carbocycles. The van der Waals surface area contributed by atoms with Gasteiger partial charge in [-0.15, -0.1) is 0 Å². The van der Waals surface area contributed by atoms with Crippen molar-refractivity contribution in [2.75, 3.05) is 6.54 Å². The number of amides is 3. The van der Waals surface area contributed by atoms with Crippen LogP contribution in [0.2, 0.25) is 0 Å². The summed E-state index contributed by atoms with van der Waals surface area (Å²) in [5.41, 5.74) is -0.653. The van der Waals surface area contributed by atoms with Crippen LogP contribution in [0.4, 0.5) is 4.79 Å². The fourth-order valence-electron chi connectivity index (χ4n) is 2.09. The molecule has 0 aromatic carbocycles. The normalized spacial score (nSPS) is 25.4. The van der Waals surface area contributed by atoms with Gasteiger partial charge in [0.05, 0.1) is 0 Å². The first-order chi connectivity index (χ1) is 7.49. The van der Waals surface area contributed by atoms with E-state index in [-0.39, 0.29) is 11.9 Å². The van der Waals surface area contributed by atoms with E-state index in [1.165, 1.54) is 0 Å². The predicted molar refractivity (Wildman–Crippen MR) is 63.0 cm³/mol. The maximum Gasteiger partial charge on any atom is 0.325 e. The molecule has 0 bridgehead atoms. The third-order valence-electron chi connectivity index (χ3n) is 3.83. The Morgan fingerprint density at radius 2 is 1.81 bits per heavy atom. The van der Waals surface area contributed by atoms with Crippen molar-refractivity contribution in [3.63, 3.8) is 0 Å². The summed E-state index contributed by atoms with van der Waals surface area (Å²) in [6.07, 6.45) is 2.73. The second-order valence-electron chi connectivity index (χ2n) is 4.68. The molecule has 1 rings (SSSR count). The zero-order chi connectivity index (χ0) is 12.3. The molecule has 92 valence electrons. The van der Waals surface area contributed by atoms with E-state index in [4.69, 9.17) is 0 Å². The van der Waals surface area contributed by atoms with E-state index in [9.17, 15) is 9.59 Å². The highest BCUT2D eigenvalue weighted by Crippen LogP contribution is 2.27. The van der Waals surface area contributed by atoms with Crippen molar-refractivity contribution in [3.05, 3.63) is 0 Å². The second kappa shape index (κ2) is 4.85. The van der Waals surface area contributed by atoms with Crippen LogP contribution in [0.5, 0.6) is 0 Å². The maximum atomic E-state index is 11.7. The Balaban J connectivity index is 2.84. The molecule has 1 aliphatic rings. The van der Waals surface area contributed by atoms with Gasteiger partial charge in [-0.25, -0.2) is 4.79 Å². The molecule has 16 heavy (non-hydrogen) atoms. The van der Waals surface area contributed by atoms with Crippen molar-refractivity contribution in [1.82, 2.24) is 10.2 Å². The Kier molecular flexibility index (Phi) is 3.94. The molecule has 4 nitrogen and oxygen atoms in total. The first-order valence-corrected chi connectivity index (χ1v) is 6.12. The van der Waals surface area contributed by atoms with Gasteiger partial charge in [0.15, 0.2) is 0 Å². The van der Waals surface area contributed by atoms with Crippen LogP contribution in [0, 0.1) is 5.92 Å². The van der Waals surface area contributed by atoms with Crippen LogP contribution in [0.25, 0.3) is 0 Å². The zero-order valence-corrected chi connectivity index (χ0v) is 10.7. The largest absolute Gasteiger partial charge is 0.325 e. The first kappa shape index (κ1) is 13.0. The molecule has 4 heteroatoms. The van der Waals surface area contributed by atoms with Gasteiger partial charge in [0.1, 0.15) is 5.54 Å². The van der Waals surface area contributed by atoms with Gasteiger partial charge in [0.2, 0.25) is 0 Å². The molecule has 0 radical (unpaired) electrons. The molecular weight excluding hydrogens is 204 g/mol. The summed E-state index contributed by atoms with van der Waals surface area (Å²) in [6.45, 7) is 8.70. The van der Waals surface area contributed by atoms with Crippen LogP contribution in [-0.2, 0) is 4.79 Å². The summed E-state index contributed by atoms with van der Waals surface area (Å²) in [4.78, 5) is 25.2. The minimum atomic E-state index is -0.653. The molecule has 0 aromatic heterocycles. The number of nitrogens with zero attached hydrogens (tertiary/aromatic N) is 1. The van der Waals surface area contributed by atoms with Gasteiger partial charge >= 0.3 is 6.03 Å². The van der Waals surface area contributed by atoms with Crippen LogP contribution in [0.15, 0.2) is 0 Å². The van der Waals surface area contributed by atoms with Crippen molar-refractivity contribution in [1.29, 1.82) is 0 Å². The highest BCUT2D eigenvalue weighted by molar-refractivity contribution is 6.06. The highest BCUT2D eigenvalue weighted by atomic mass is 16.2. The number of carbonyl (C=O) groups is 2. The van der Waals surface area contributed by atoms with Gasteiger partial charge in [-0.2, -0.15) is 0 Å². The number of imide groups is 1. The zero-order valence-electron chi connectivity index (χ0n) is 10.7. The molecule has 1 aliphatic heterocycles. The Bertz CT molecular complexity index is 287. The van der Waals surface area contributed by atoms with Crippen molar-refractivity contribution in [3.8, 4) is 0 Å². The summed E-state index contributed by atoms with van der Waals surface area (Å²) in [7, 11) is 0. The average molecular weight is 226 g/mol. The highest BCUT2D eigenvalue weighted by Gasteiger charge is 2.47. The fourth-order valence-corrected chi connectivity index (χ4v) is 2.09. The Labute approximate surface area is 97.4 Å². The summed E-state index contributed by atoms with van der Waals surface area (Å²) < 4.78 is 0. The van der Waals surface area contributed by atoms with E-state index in [0.29, 0.717) is 18.9 Å². The number of urea groups is 1. The molecule has 1 N–H and O–H groups in total. The Morgan fingerprint density at radius 1 is 1.25 bits per heavy atom. The van der Waals surface area contributed by atoms with Gasteiger partial charge in [-0.1, -0.05) is 33.6 Å². The van der Waals surface area contributed by atoms with Crippen molar-refractivity contribution in [2.24, 2.45) is 5.92 Å². The van der Waals surface area contributed by atoms with E-state index >= 15 is 0 Å². The van der Waals surface area contributed by atoms with Crippen molar-refractivity contribution < 1.29 is 9.59 Å². The van der Waals surface area contributed by atoms with Gasteiger partial charge in [0.25, 0.3) is 5.91 Å². The van der Waals surface area contributed by atoms with Gasteiger partial charge in [-0.05, 0) is 19.3 Å². The third kappa shape index (κ3) is 2.06. The van der Waals surface area contributed by atoms with Crippen LogP contribution >= 0.6 is 0 Å². The monoisotopic (exact) mass is 226 g/mol. The van der Waals surface area contributed by atoms with E-state index < -0.39 is 5.54 Å². The molecule has 1 unspecified atom stereocenters. The molecule has 1 fully saturated rings. The smallest absolute Gasteiger partial charge is 0.310 e.